The van der Waals surface area contributed by atoms with Crippen LogP contribution in [0, 0.1) is 0 Å². The van der Waals surface area contributed by atoms with Gasteiger partial charge in [0.25, 0.3) is 0 Å². The number of hydrogen-bond donors (Lipinski definition) is 0. The molecule has 174 valence electrons. The quantitative estimate of drug-likeness (QED) is 0.285. The zero-order valence-corrected chi connectivity index (χ0v) is 19.8. The van der Waals surface area contributed by atoms with Crippen molar-refractivity contribution in [2.75, 3.05) is 6.61 Å². The van der Waals surface area contributed by atoms with Crippen molar-refractivity contribution in [2.24, 2.45) is 0 Å². The molecule has 0 radical (unpaired) electrons. The number of nitrogens with zero attached hydrogens (tertiary/aromatic N) is 4. The second kappa shape index (κ2) is 11.4. The number of aromatic nitrogens is 4. The van der Waals surface area contributed by atoms with Crippen molar-refractivity contribution in [1.82, 2.24) is 19.8 Å². The van der Waals surface area contributed by atoms with Crippen molar-refractivity contribution in [3.05, 3.63) is 95.6 Å². The van der Waals surface area contributed by atoms with E-state index in [0.29, 0.717) is 19.4 Å². The highest BCUT2D eigenvalue weighted by atomic mass is 16.5. The van der Waals surface area contributed by atoms with Crippen molar-refractivity contribution >= 4 is 11.4 Å². The molecule has 3 aromatic rings. The number of carbonyl (C=O) groups is 1. The maximum absolute atomic E-state index is 11.7. The van der Waals surface area contributed by atoms with E-state index in [1.807, 2.05) is 66.9 Å². The van der Waals surface area contributed by atoms with Crippen LogP contribution in [-0.2, 0) is 16.0 Å². The average Bonchev–Trinajstić information content (AvgIpc) is 3.09. The number of benzene rings is 1. The molecule has 1 aliphatic rings. The minimum absolute atomic E-state index is 0.190. The Hall–Kier alpha value is -3.80. The molecule has 2 aromatic heterocycles. The van der Waals surface area contributed by atoms with Crippen LogP contribution in [0.2, 0.25) is 0 Å². The molecule has 6 heteroatoms. The Labute approximate surface area is 200 Å². The van der Waals surface area contributed by atoms with Gasteiger partial charge in [-0.05, 0) is 56.5 Å². The van der Waals surface area contributed by atoms with Crippen LogP contribution in [-0.4, -0.2) is 32.2 Å². The van der Waals surface area contributed by atoms with Crippen LogP contribution in [0.15, 0.2) is 89.8 Å². The van der Waals surface area contributed by atoms with Crippen LogP contribution in [0.5, 0.6) is 0 Å². The zero-order valence-electron chi connectivity index (χ0n) is 19.8. The highest BCUT2D eigenvalue weighted by Crippen LogP contribution is 2.19. The van der Waals surface area contributed by atoms with E-state index >= 15 is 0 Å². The third kappa shape index (κ3) is 6.38. The summed E-state index contributed by atoms with van der Waals surface area (Å²) in [7, 11) is 0. The van der Waals surface area contributed by atoms with E-state index in [1.165, 1.54) is 0 Å². The molecule has 4 rings (SSSR count). The third-order valence-electron chi connectivity index (χ3n) is 5.45. The molecule has 0 spiro atoms. The predicted molar refractivity (Wildman–Crippen MR) is 134 cm³/mol. The largest absolute Gasteiger partial charge is 0.498 e. The van der Waals surface area contributed by atoms with E-state index in [9.17, 15) is 4.79 Å². The highest BCUT2D eigenvalue weighted by molar-refractivity contribution is 5.90. The summed E-state index contributed by atoms with van der Waals surface area (Å²) in [5.41, 5.74) is 4.84. The lowest BCUT2D eigenvalue weighted by Gasteiger charge is -2.07. The summed E-state index contributed by atoms with van der Waals surface area (Å²) in [4.78, 5) is 11.7. The van der Waals surface area contributed by atoms with Crippen LogP contribution in [0.25, 0.3) is 16.9 Å². The van der Waals surface area contributed by atoms with E-state index in [0.717, 1.165) is 58.9 Å². The summed E-state index contributed by atoms with van der Waals surface area (Å²) < 4.78 is 7.76. The fourth-order valence-electron chi connectivity index (χ4n) is 3.76. The number of allylic oxidation sites excluding steroid dienone is 7. The standard InChI is InChI=1S/C28H30N4O2/c1-21(2)19-24(33)12-6-7-18-34-25-13-8-9-22(14-15-25)20-28-30-29-27-17-16-26(31-32(27)28)23-10-4-3-5-11-23/h3-5,8-11,14-17,19H,6-7,12-13,18,20H2,1-2H3. The molecule has 0 amide bonds. The van der Waals surface area contributed by atoms with Crippen LogP contribution >= 0.6 is 0 Å². The van der Waals surface area contributed by atoms with Crippen LogP contribution in [0.1, 0.15) is 45.4 Å². The van der Waals surface area contributed by atoms with Gasteiger partial charge in [-0.2, -0.15) is 9.61 Å². The Kier molecular flexibility index (Phi) is 7.81. The van der Waals surface area contributed by atoms with E-state index in [1.54, 1.807) is 6.08 Å². The van der Waals surface area contributed by atoms with Gasteiger partial charge >= 0.3 is 0 Å². The van der Waals surface area contributed by atoms with E-state index in [-0.39, 0.29) is 5.78 Å². The second-order valence-corrected chi connectivity index (χ2v) is 8.62. The van der Waals surface area contributed by atoms with Crippen molar-refractivity contribution < 1.29 is 9.53 Å². The summed E-state index contributed by atoms with van der Waals surface area (Å²) in [6.45, 7) is 4.50. The average molecular weight is 455 g/mol. The van der Waals surface area contributed by atoms with Gasteiger partial charge in [0, 0.05) is 24.8 Å². The fourth-order valence-corrected chi connectivity index (χ4v) is 3.76. The molecule has 34 heavy (non-hydrogen) atoms. The van der Waals surface area contributed by atoms with E-state index < -0.39 is 0 Å². The Morgan fingerprint density at radius 2 is 1.91 bits per heavy atom. The van der Waals surface area contributed by atoms with Crippen molar-refractivity contribution in [3.63, 3.8) is 0 Å². The fraction of sp³-hybridized carbons (Fsp3) is 0.286. The summed E-state index contributed by atoms with van der Waals surface area (Å²) >= 11 is 0. The molecular weight excluding hydrogens is 424 g/mol. The van der Waals surface area contributed by atoms with Gasteiger partial charge in [-0.25, -0.2) is 0 Å². The van der Waals surface area contributed by atoms with Crippen LogP contribution < -0.4 is 0 Å². The Morgan fingerprint density at radius 1 is 1.06 bits per heavy atom. The Bertz CT molecular complexity index is 1260. The molecule has 0 bridgehead atoms. The second-order valence-electron chi connectivity index (χ2n) is 8.62. The molecule has 1 aliphatic carbocycles. The van der Waals surface area contributed by atoms with Gasteiger partial charge in [0.05, 0.1) is 18.1 Å². The number of unbranched alkanes of at least 4 members (excludes halogenated alkanes) is 1. The number of rotatable bonds is 10. The minimum Gasteiger partial charge on any atom is -0.498 e. The lowest BCUT2D eigenvalue weighted by Crippen LogP contribution is -2.01. The Balaban J connectivity index is 1.36. The van der Waals surface area contributed by atoms with Crippen molar-refractivity contribution in [2.45, 2.75) is 46.0 Å². The molecule has 6 nitrogen and oxygen atoms in total. The molecule has 2 heterocycles. The lowest BCUT2D eigenvalue weighted by atomic mass is 10.1. The topological polar surface area (TPSA) is 69.4 Å². The number of ketones is 1. The molecule has 0 atom stereocenters. The van der Waals surface area contributed by atoms with Gasteiger partial charge < -0.3 is 4.74 Å². The molecular formula is C28H30N4O2. The molecule has 0 fully saturated rings. The van der Waals surface area contributed by atoms with Gasteiger partial charge in [0.1, 0.15) is 0 Å². The highest BCUT2D eigenvalue weighted by Gasteiger charge is 2.11. The first kappa shape index (κ1) is 23.4. The third-order valence-corrected chi connectivity index (χ3v) is 5.45. The predicted octanol–water partition coefficient (Wildman–Crippen LogP) is 5.83. The van der Waals surface area contributed by atoms with Gasteiger partial charge in [-0.15, -0.1) is 10.2 Å². The first-order chi connectivity index (χ1) is 16.6. The normalized spacial score (nSPS) is 13.2. The summed E-state index contributed by atoms with van der Waals surface area (Å²) in [6, 6.07) is 14.0. The zero-order chi connectivity index (χ0) is 23.8. The summed E-state index contributed by atoms with van der Waals surface area (Å²) in [6.07, 6.45) is 13.7. The molecule has 0 saturated carbocycles. The van der Waals surface area contributed by atoms with Gasteiger partial charge in [0.15, 0.2) is 17.3 Å². The van der Waals surface area contributed by atoms with Crippen molar-refractivity contribution in [1.29, 1.82) is 0 Å². The number of hydrogen-bond acceptors (Lipinski definition) is 5. The maximum atomic E-state index is 11.7. The van der Waals surface area contributed by atoms with Gasteiger partial charge in [-0.1, -0.05) is 54.1 Å². The number of ether oxygens (including phenoxy) is 1. The minimum atomic E-state index is 0.190. The number of fused-ring (bicyclic) bond motifs is 1. The molecule has 0 aliphatic heterocycles. The first-order valence-electron chi connectivity index (χ1n) is 11.7. The van der Waals surface area contributed by atoms with Crippen molar-refractivity contribution in [3.8, 4) is 11.3 Å². The van der Waals surface area contributed by atoms with Crippen LogP contribution in [0.4, 0.5) is 0 Å². The smallest absolute Gasteiger partial charge is 0.177 e. The molecule has 0 unspecified atom stereocenters. The van der Waals surface area contributed by atoms with Gasteiger partial charge in [-0.3, -0.25) is 4.79 Å². The van der Waals surface area contributed by atoms with E-state index in [4.69, 9.17) is 9.84 Å². The van der Waals surface area contributed by atoms with Gasteiger partial charge in [0.2, 0.25) is 0 Å². The van der Waals surface area contributed by atoms with E-state index in [2.05, 4.69) is 28.4 Å². The number of carbonyl (C=O) groups excluding carboxylic acids is 1. The molecule has 0 N–H and O–H groups in total. The summed E-state index contributed by atoms with van der Waals surface area (Å²) in [5, 5.41) is 13.4. The molecule has 0 saturated heterocycles. The first-order valence-corrected chi connectivity index (χ1v) is 11.7. The summed E-state index contributed by atoms with van der Waals surface area (Å²) in [5.74, 6) is 1.91. The molecule has 1 aromatic carbocycles. The monoisotopic (exact) mass is 454 g/mol. The van der Waals surface area contributed by atoms with Crippen LogP contribution in [0.3, 0.4) is 0 Å². The maximum Gasteiger partial charge on any atom is 0.177 e. The SMILES string of the molecule is CC(C)=CC(=O)CCCCOC1=CC=C(Cc2nnc3ccc(-c4ccccc4)nn23)C=CC1. The Morgan fingerprint density at radius 3 is 2.74 bits per heavy atom. The lowest BCUT2D eigenvalue weighted by molar-refractivity contribution is -0.114.